The molecule has 28 heavy (non-hydrogen) atoms. The van der Waals surface area contributed by atoms with E-state index in [-0.39, 0.29) is 18.3 Å². The highest BCUT2D eigenvalue weighted by Crippen LogP contribution is 2.37. The maximum absolute atomic E-state index is 13.0. The highest BCUT2D eigenvalue weighted by Gasteiger charge is 2.42. The zero-order valence-electron chi connectivity index (χ0n) is 16.7. The minimum atomic E-state index is -0.533. The largest absolute Gasteiger partial charge is 0.443 e. The Bertz CT molecular complexity index is 884. The molecule has 1 atom stereocenters. The highest BCUT2D eigenvalue weighted by molar-refractivity contribution is 5.99. The van der Waals surface area contributed by atoms with Crippen molar-refractivity contribution in [2.45, 2.75) is 45.9 Å². The van der Waals surface area contributed by atoms with Crippen molar-refractivity contribution in [3.63, 3.8) is 0 Å². The average Bonchev–Trinajstić information content (AvgIpc) is 3.17. The summed E-state index contributed by atoms with van der Waals surface area (Å²) in [5, 5.41) is 3.27. The van der Waals surface area contributed by atoms with E-state index in [1.54, 1.807) is 14.7 Å². The number of dihydropyridines is 1. The Balaban J connectivity index is 1.62. The Morgan fingerprint density at radius 2 is 2.11 bits per heavy atom. The predicted octanol–water partition coefficient (Wildman–Crippen LogP) is 3.57. The standard InChI is InChI=1S/C21H26N4O3/c1-5-23-17-7-6-11-22-18(17)25(19(23)26)15-8-9-16-14(13-15)10-12-24(16)20(27)28-21(2,3)4/h6-9,11,13,18,22H,5,10,12H2,1-4H3. The van der Waals surface area contributed by atoms with Crippen molar-refractivity contribution in [1.29, 1.82) is 0 Å². The smallest absolute Gasteiger partial charge is 0.414 e. The van der Waals surface area contributed by atoms with E-state index in [2.05, 4.69) is 5.32 Å². The third-order valence-corrected chi connectivity index (χ3v) is 5.07. The van der Waals surface area contributed by atoms with Gasteiger partial charge in [-0.15, -0.1) is 0 Å². The number of carbonyl (C=O) groups excluding carboxylic acids is 2. The van der Waals surface area contributed by atoms with E-state index in [0.717, 1.165) is 29.1 Å². The summed E-state index contributed by atoms with van der Waals surface area (Å²) < 4.78 is 5.52. The highest BCUT2D eigenvalue weighted by atomic mass is 16.6. The van der Waals surface area contributed by atoms with E-state index in [1.807, 2.05) is 64.2 Å². The summed E-state index contributed by atoms with van der Waals surface area (Å²) in [6, 6.07) is 5.77. The van der Waals surface area contributed by atoms with Gasteiger partial charge in [0.25, 0.3) is 0 Å². The number of benzene rings is 1. The molecule has 1 unspecified atom stereocenters. The summed E-state index contributed by atoms with van der Waals surface area (Å²) >= 11 is 0. The summed E-state index contributed by atoms with van der Waals surface area (Å²) in [6.45, 7) is 8.75. The molecule has 0 aliphatic carbocycles. The number of allylic oxidation sites excluding steroid dienone is 2. The molecule has 148 valence electrons. The monoisotopic (exact) mass is 382 g/mol. The SMILES string of the molecule is CCN1C(=O)N(c2ccc3c(c2)CCN3C(=O)OC(C)(C)C)C2NC=CC=C21. The van der Waals surface area contributed by atoms with Crippen molar-refractivity contribution < 1.29 is 14.3 Å². The van der Waals surface area contributed by atoms with Gasteiger partial charge < -0.3 is 10.1 Å². The summed E-state index contributed by atoms with van der Waals surface area (Å²) in [5.74, 6) is 0. The van der Waals surface area contributed by atoms with Gasteiger partial charge in [0.15, 0.2) is 0 Å². The van der Waals surface area contributed by atoms with Crippen LogP contribution in [0.3, 0.4) is 0 Å². The first-order valence-corrected chi connectivity index (χ1v) is 9.67. The fourth-order valence-corrected chi connectivity index (χ4v) is 3.89. The van der Waals surface area contributed by atoms with E-state index >= 15 is 0 Å². The van der Waals surface area contributed by atoms with Crippen LogP contribution in [0.15, 0.2) is 42.2 Å². The van der Waals surface area contributed by atoms with Crippen LogP contribution in [0.4, 0.5) is 21.0 Å². The fraction of sp³-hybridized carbons (Fsp3) is 0.429. The number of amides is 3. The fourth-order valence-electron chi connectivity index (χ4n) is 3.89. The van der Waals surface area contributed by atoms with E-state index in [9.17, 15) is 9.59 Å². The van der Waals surface area contributed by atoms with Gasteiger partial charge >= 0.3 is 12.1 Å². The number of likely N-dealkylation sites (N-methyl/N-ethyl adjacent to an activating group) is 1. The van der Waals surface area contributed by atoms with Gasteiger partial charge in [0, 0.05) is 18.8 Å². The number of hydrogen-bond acceptors (Lipinski definition) is 4. The lowest BCUT2D eigenvalue weighted by molar-refractivity contribution is 0.0584. The topological polar surface area (TPSA) is 65.1 Å². The molecule has 1 aromatic rings. The number of rotatable bonds is 2. The normalized spacial score (nSPS) is 20.7. The van der Waals surface area contributed by atoms with Crippen molar-refractivity contribution in [3.05, 3.63) is 47.8 Å². The third-order valence-electron chi connectivity index (χ3n) is 5.07. The second kappa shape index (κ2) is 6.58. The molecule has 0 bridgehead atoms. The number of nitrogens with one attached hydrogen (secondary N) is 1. The van der Waals surface area contributed by atoms with E-state index < -0.39 is 5.60 Å². The Morgan fingerprint density at radius 1 is 1.32 bits per heavy atom. The van der Waals surface area contributed by atoms with Crippen molar-refractivity contribution in [2.75, 3.05) is 22.9 Å². The first-order valence-electron chi connectivity index (χ1n) is 9.67. The second-order valence-corrected chi connectivity index (χ2v) is 8.11. The minimum absolute atomic E-state index is 0.0445. The summed E-state index contributed by atoms with van der Waals surface area (Å²) in [4.78, 5) is 30.7. The zero-order valence-corrected chi connectivity index (χ0v) is 16.7. The van der Waals surface area contributed by atoms with E-state index in [0.29, 0.717) is 13.1 Å². The Labute approximate surface area is 165 Å². The molecule has 7 nitrogen and oxygen atoms in total. The van der Waals surface area contributed by atoms with Crippen molar-refractivity contribution >= 4 is 23.5 Å². The Morgan fingerprint density at radius 3 is 2.82 bits per heavy atom. The summed E-state index contributed by atoms with van der Waals surface area (Å²) in [5.41, 5.74) is 3.14. The number of nitrogens with zero attached hydrogens (tertiary/aromatic N) is 3. The van der Waals surface area contributed by atoms with Crippen LogP contribution >= 0.6 is 0 Å². The Kier molecular flexibility index (Phi) is 4.33. The van der Waals surface area contributed by atoms with E-state index in [1.165, 1.54) is 0 Å². The Hall–Kier alpha value is -2.96. The number of hydrogen-bond donors (Lipinski definition) is 1. The first-order chi connectivity index (χ1) is 13.3. The van der Waals surface area contributed by atoms with Crippen LogP contribution in [-0.4, -0.2) is 41.9 Å². The van der Waals surface area contributed by atoms with Crippen LogP contribution in [0.2, 0.25) is 0 Å². The van der Waals surface area contributed by atoms with Crippen LogP contribution < -0.4 is 15.1 Å². The molecule has 0 radical (unpaired) electrons. The van der Waals surface area contributed by atoms with Crippen LogP contribution in [0, 0.1) is 0 Å². The maximum Gasteiger partial charge on any atom is 0.414 e. The van der Waals surface area contributed by atoms with Crippen molar-refractivity contribution in [3.8, 4) is 0 Å². The molecule has 3 amide bonds. The lowest BCUT2D eigenvalue weighted by Gasteiger charge is -2.26. The lowest BCUT2D eigenvalue weighted by Crippen LogP contribution is -2.42. The zero-order chi connectivity index (χ0) is 20.1. The molecule has 7 heteroatoms. The minimum Gasteiger partial charge on any atom is -0.443 e. The van der Waals surface area contributed by atoms with E-state index in [4.69, 9.17) is 4.74 Å². The van der Waals surface area contributed by atoms with Crippen molar-refractivity contribution in [2.24, 2.45) is 0 Å². The average molecular weight is 382 g/mol. The van der Waals surface area contributed by atoms with Gasteiger partial charge in [-0.25, -0.2) is 9.59 Å². The first kappa shape index (κ1) is 18.4. The van der Waals surface area contributed by atoms with Crippen LogP contribution in [0.5, 0.6) is 0 Å². The molecule has 1 aromatic carbocycles. The number of carbonyl (C=O) groups is 2. The van der Waals surface area contributed by atoms with Crippen LogP contribution in [-0.2, 0) is 11.2 Å². The molecule has 1 N–H and O–H groups in total. The summed E-state index contributed by atoms with van der Waals surface area (Å²) in [6.07, 6.45) is 5.93. The van der Waals surface area contributed by atoms with Gasteiger partial charge in [-0.05, 0) is 76.2 Å². The molecule has 1 fully saturated rings. The lowest BCUT2D eigenvalue weighted by atomic mass is 10.1. The number of fused-ring (bicyclic) bond motifs is 2. The molecule has 3 aliphatic heterocycles. The van der Waals surface area contributed by atoms with Gasteiger partial charge in [-0.1, -0.05) is 0 Å². The summed E-state index contributed by atoms with van der Waals surface area (Å²) in [7, 11) is 0. The molecule has 1 saturated heterocycles. The van der Waals surface area contributed by atoms with Gasteiger partial charge in [0.05, 0.1) is 11.4 Å². The number of anilines is 2. The quantitative estimate of drug-likeness (QED) is 0.849. The second-order valence-electron chi connectivity index (χ2n) is 8.11. The molecule has 0 aromatic heterocycles. The van der Waals surface area contributed by atoms with Gasteiger partial charge in [0.2, 0.25) is 0 Å². The van der Waals surface area contributed by atoms with Crippen LogP contribution in [0.25, 0.3) is 0 Å². The molecule has 3 heterocycles. The van der Waals surface area contributed by atoms with Crippen molar-refractivity contribution in [1.82, 2.24) is 10.2 Å². The molecule has 0 saturated carbocycles. The molecule has 0 spiro atoms. The molecular weight excluding hydrogens is 356 g/mol. The van der Waals surface area contributed by atoms with Crippen LogP contribution in [0.1, 0.15) is 33.3 Å². The number of ether oxygens (including phenoxy) is 1. The number of urea groups is 1. The molecular formula is C21H26N4O3. The predicted molar refractivity (Wildman–Crippen MR) is 108 cm³/mol. The third kappa shape index (κ3) is 3.00. The molecule has 4 rings (SSSR count). The van der Waals surface area contributed by atoms with Gasteiger partial charge in [-0.3, -0.25) is 14.7 Å². The maximum atomic E-state index is 13.0. The molecule has 3 aliphatic rings. The van der Waals surface area contributed by atoms with Gasteiger partial charge in [-0.2, -0.15) is 0 Å². The van der Waals surface area contributed by atoms with Gasteiger partial charge in [0.1, 0.15) is 11.8 Å².